The van der Waals surface area contributed by atoms with Crippen LogP contribution in [0.1, 0.15) is 5.69 Å². The number of nitrogens with two attached hydrogens (primary N) is 1. The molecule has 15 heavy (non-hydrogen) atoms. The van der Waals surface area contributed by atoms with E-state index in [0.717, 1.165) is 10.8 Å². The second-order valence-corrected chi connectivity index (χ2v) is 3.51. The van der Waals surface area contributed by atoms with Gasteiger partial charge in [-0.1, -0.05) is 0 Å². The molecule has 0 radical (unpaired) electrons. The first-order valence-corrected chi connectivity index (χ1v) is 4.80. The minimum Gasteiger partial charge on any atom is -0.368 e. The van der Waals surface area contributed by atoms with Crippen molar-refractivity contribution < 1.29 is 14.4 Å². The molecule has 0 aliphatic carbocycles. The summed E-state index contributed by atoms with van der Waals surface area (Å²) in [6.45, 7) is 2.13. The fourth-order valence-electron chi connectivity index (χ4n) is 0.818. The molecule has 0 saturated carbocycles. The first kappa shape index (κ1) is 13.3. The molecule has 6 nitrogen and oxygen atoms in total. The van der Waals surface area contributed by atoms with Gasteiger partial charge < -0.3 is 10.6 Å². The van der Waals surface area contributed by atoms with E-state index in [2.05, 4.69) is 4.98 Å². The van der Waals surface area contributed by atoms with E-state index in [-0.39, 0.29) is 18.6 Å². The Morgan fingerprint density at radius 1 is 1.67 bits per heavy atom. The first-order valence-electron chi connectivity index (χ1n) is 3.92. The Labute approximate surface area is 90.7 Å². The van der Waals surface area contributed by atoms with Crippen molar-refractivity contribution >= 4 is 28.5 Å². The molecule has 0 aliphatic rings. The molecular formula is C8H11N3O3S. The van der Waals surface area contributed by atoms with Gasteiger partial charge in [-0.25, -0.2) is 4.98 Å². The van der Waals surface area contributed by atoms with Crippen molar-refractivity contribution in [2.45, 2.75) is 6.92 Å². The third kappa shape index (κ3) is 5.56. The van der Waals surface area contributed by atoms with Crippen LogP contribution in [0.2, 0.25) is 0 Å². The van der Waals surface area contributed by atoms with Crippen molar-refractivity contribution in [1.82, 2.24) is 4.98 Å². The lowest BCUT2D eigenvalue weighted by molar-refractivity contribution is -0.191. The van der Waals surface area contributed by atoms with Gasteiger partial charge in [0.05, 0.1) is 12.2 Å². The Hall–Kier alpha value is -1.72. The van der Waals surface area contributed by atoms with E-state index >= 15 is 0 Å². The number of primary amides is 1. The summed E-state index contributed by atoms with van der Waals surface area (Å²) in [4.78, 5) is 32.7. The van der Waals surface area contributed by atoms with Gasteiger partial charge in [0, 0.05) is 12.4 Å². The minimum absolute atomic E-state index is 0.215. The molecule has 0 spiro atoms. The summed E-state index contributed by atoms with van der Waals surface area (Å²) in [6, 6.07) is 0. The molecule has 1 rings (SSSR count). The van der Waals surface area contributed by atoms with Crippen molar-refractivity contribution in [1.29, 1.82) is 0 Å². The average molecular weight is 229 g/mol. The van der Waals surface area contributed by atoms with Gasteiger partial charge in [-0.05, 0) is 6.92 Å². The Morgan fingerprint density at radius 3 is 2.53 bits per heavy atom. The Kier molecular flexibility index (Phi) is 5.92. The standard InChI is InChI=1S/C7H11N3OS.CO2/c1-5-4-12-7(9-5)10(2)3-6(8)11;2-1-3/h4H,3H2,1-2H3,(H2,8,11);. The molecule has 0 aromatic carbocycles. The fourth-order valence-corrected chi connectivity index (χ4v) is 1.59. The Bertz CT molecular complexity index is 358. The molecule has 0 fully saturated rings. The summed E-state index contributed by atoms with van der Waals surface area (Å²) in [5, 5.41) is 2.76. The predicted molar refractivity (Wildman–Crippen MR) is 54.3 cm³/mol. The van der Waals surface area contributed by atoms with Crippen LogP contribution < -0.4 is 10.6 Å². The van der Waals surface area contributed by atoms with Crippen molar-refractivity contribution in [2.75, 3.05) is 18.5 Å². The Balaban J connectivity index is 0.000000583. The van der Waals surface area contributed by atoms with Crippen molar-refractivity contribution in [3.8, 4) is 0 Å². The molecule has 0 atom stereocenters. The second-order valence-electron chi connectivity index (χ2n) is 2.68. The summed E-state index contributed by atoms with van der Waals surface area (Å²) >= 11 is 1.51. The lowest BCUT2D eigenvalue weighted by atomic mass is 10.5. The molecular weight excluding hydrogens is 218 g/mol. The predicted octanol–water partition coefficient (Wildman–Crippen LogP) is -0.210. The molecule has 0 saturated heterocycles. The molecule has 0 unspecified atom stereocenters. The van der Waals surface area contributed by atoms with Gasteiger partial charge in [0.25, 0.3) is 0 Å². The molecule has 82 valence electrons. The van der Waals surface area contributed by atoms with Crippen molar-refractivity contribution in [3.63, 3.8) is 0 Å². The van der Waals surface area contributed by atoms with Crippen molar-refractivity contribution in [3.05, 3.63) is 11.1 Å². The second kappa shape index (κ2) is 6.69. The van der Waals surface area contributed by atoms with E-state index in [0.29, 0.717) is 0 Å². The van der Waals surface area contributed by atoms with Crippen LogP contribution in [0.4, 0.5) is 5.13 Å². The summed E-state index contributed by atoms with van der Waals surface area (Å²) in [5.74, 6) is -0.342. The number of hydrogen-bond donors (Lipinski definition) is 1. The normalized spacial score (nSPS) is 8.40. The zero-order chi connectivity index (χ0) is 11.8. The van der Waals surface area contributed by atoms with Crippen LogP contribution >= 0.6 is 11.3 Å². The van der Waals surface area contributed by atoms with E-state index in [1.54, 1.807) is 11.9 Å². The molecule has 1 amide bonds. The van der Waals surface area contributed by atoms with Gasteiger partial charge in [-0.15, -0.1) is 11.3 Å². The molecule has 1 aromatic heterocycles. The smallest absolute Gasteiger partial charge is 0.368 e. The van der Waals surface area contributed by atoms with E-state index in [4.69, 9.17) is 15.3 Å². The maximum absolute atomic E-state index is 10.5. The Morgan fingerprint density at radius 2 is 2.20 bits per heavy atom. The highest BCUT2D eigenvalue weighted by Gasteiger charge is 2.06. The highest BCUT2D eigenvalue weighted by molar-refractivity contribution is 7.13. The van der Waals surface area contributed by atoms with Gasteiger partial charge in [0.15, 0.2) is 5.13 Å². The summed E-state index contributed by atoms with van der Waals surface area (Å²) in [7, 11) is 1.79. The zero-order valence-electron chi connectivity index (χ0n) is 8.39. The van der Waals surface area contributed by atoms with Crippen LogP contribution in [-0.2, 0) is 14.4 Å². The van der Waals surface area contributed by atoms with Gasteiger partial charge in [-0.3, -0.25) is 4.79 Å². The topological polar surface area (TPSA) is 93.4 Å². The molecule has 1 aromatic rings. The third-order valence-corrected chi connectivity index (χ3v) is 2.40. The number of carbonyl (C=O) groups excluding carboxylic acids is 3. The van der Waals surface area contributed by atoms with E-state index in [1.165, 1.54) is 11.3 Å². The van der Waals surface area contributed by atoms with Crippen LogP contribution in [0.3, 0.4) is 0 Å². The van der Waals surface area contributed by atoms with Gasteiger partial charge in [0.2, 0.25) is 5.91 Å². The monoisotopic (exact) mass is 229 g/mol. The van der Waals surface area contributed by atoms with Gasteiger partial charge >= 0.3 is 6.15 Å². The van der Waals surface area contributed by atoms with Crippen LogP contribution in [0, 0.1) is 6.92 Å². The number of thiazole rings is 1. The average Bonchev–Trinajstić information content (AvgIpc) is 2.52. The summed E-state index contributed by atoms with van der Waals surface area (Å²) < 4.78 is 0. The van der Waals surface area contributed by atoms with Gasteiger partial charge in [0.1, 0.15) is 0 Å². The quantitative estimate of drug-likeness (QED) is 0.774. The van der Waals surface area contributed by atoms with Crippen LogP contribution in [0.5, 0.6) is 0 Å². The number of rotatable bonds is 3. The lowest BCUT2D eigenvalue weighted by Crippen LogP contribution is -2.30. The SMILES string of the molecule is Cc1csc(N(C)CC(N)=O)n1.O=C=O. The number of hydrogen-bond acceptors (Lipinski definition) is 6. The summed E-state index contributed by atoms with van der Waals surface area (Å²) in [6.07, 6.45) is 0.250. The number of anilines is 1. The highest BCUT2D eigenvalue weighted by atomic mass is 32.1. The first-order chi connectivity index (χ1) is 7.01. The zero-order valence-corrected chi connectivity index (χ0v) is 9.21. The maximum Gasteiger partial charge on any atom is 0.373 e. The fraction of sp³-hybridized carbons (Fsp3) is 0.375. The largest absolute Gasteiger partial charge is 0.373 e. The van der Waals surface area contributed by atoms with E-state index < -0.39 is 0 Å². The number of nitrogens with zero attached hydrogens (tertiary/aromatic N) is 2. The number of likely N-dealkylation sites (N-methyl/N-ethyl adjacent to an activating group) is 1. The van der Waals surface area contributed by atoms with E-state index in [9.17, 15) is 4.79 Å². The van der Waals surface area contributed by atoms with Crippen molar-refractivity contribution in [2.24, 2.45) is 5.73 Å². The molecule has 0 bridgehead atoms. The molecule has 1 heterocycles. The third-order valence-electron chi connectivity index (χ3n) is 1.33. The van der Waals surface area contributed by atoms with Gasteiger partial charge in [-0.2, -0.15) is 9.59 Å². The van der Waals surface area contributed by atoms with Crippen LogP contribution in [0.25, 0.3) is 0 Å². The molecule has 7 heteroatoms. The number of amides is 1. The number of carbonyl (C=O) groups is 1. The highest BCUT2D eigenvalue weighted by Crippen LogP contribution is 2.17. The molecule has 0 aliphatic heterocycles. The van der Waals surface area contributed by atoms with E-state index in [1.807, 2.05) is 12.3 Å². The van der Waals surface area contributed by atoms with Crippen LogP contribution in [0.15, 0.2) is 5.38 Å². The summed E-state index contributed by atoms with van der Waals surface area (Å²) in [5.41, 5.74) is 6.00. The minimum atomic E-state index is -0.342. The molecule has 2 N–H and O–H groups in total. The van der Waals surface area contributed by atoms with Crippen LogP contribution in [-0.4, -0.2) is 30.6 Å². The number of aryl methyl sites for hydroxylation is 1. The maximum atomic E-state index is 10.5. The number of aromatic nitrogens is 1. The lowest BCUT2D eigenvalue weighted by Gasteiger charge is -2.12.